The first-order valence-electron chi connectivity index (χ1n) is 6.85. The van der Waals surface area contributed by atoms with Gasteiger partial charge in [-0.3, -0.25) is 0 Å². The van der Waals surface area contributed by atoms with Crippen molar-refractivity contribution in [2.75, 3.05) is 6.54 Å². The molecule has 2 rings (SSSR count). The molecule has 0 spiro atoms. The Bertz CT molecular complexity index is 567. The van der Waals surface area contributed by atoms with E-state index < -0.39 is 0 Å². The normalized spacial score (nSPS) is 11.3. The van der Waals surface area contributed by atoms with Crippen molar-refractivity contribution in [1.29, 1.82) is 0 Å². The summed E-state index contributed by atoms with van der Waals surface area (Å²) in [6.45, 7) is 7.22. The molecule has 102 valence electrons. The Hall–Kier alpha value is -1.61. The summed E-state index contributed by atoms with van der Waals surface area (Å²) in [5.74, 6) is 0.529. The first-order chi connectivity index (χ1) is 9.04. The fourth-order valence-corrected chi connectivity index (χ4v) is 2.37. The molecule has 1 heterocycles. The van der Waals surface area contributed by atoms with Gasteiger partial charge in [-0.1, -0.05) is 26.0 Å². The van der Waals surface area contributed by atoms with Gasteiger partial charge in [0.15, 0.2) is 0 Å². The van der Waals surface area contributed by atoms with Gasteiger partial charge in [-0.15, -0.1) is 0 Å². The SMILES string of the molecule is Cc1ccc(C(C)C)cc1-c1ncn(C)c1CCN. The second kappa shape index (κ2) is 5.57. The molecule has 2 N–H and O–H groups in total. The molecule has 2 aromatic rings. The molecule has 0 aliphatic rings. The van der Waals surface area contributed by atoms with Crippen LogP contribution in [0.2, 0.25) is 0 Å². The van der Waals surface area contributed by atoms with Crippen molar-refractivity contribution in [3.63, 3.8) is 0 Å². The smallest absolute Gasteiger partial charge is 0.0953 e. The third-order valence-corrected chi connectivity index (χ3v) is 3.62. The number of aryl methyl sites for hydroxylation is 2. The highest BCUT2D eigenvalue weighted by Crippen LogP contribution is 2.28. The van der Waals surface area contributed by atoms with Gasteiger partial charge in [0, 0.05) is 24.7 Å². The van der Waals surface area contributed by atoms with E-state index in [1.165, 1.54) is 22.4 Å². The predicted octanol–water partition coefficient (Wildman–Crippen LogP) is 3.02. The van der Waals surface area contributed by atoms with Crippen LogP contribution in [0.4, 0.5) is 0 Å². The van der Waals surface area contributed by atoms with E-state index in [0.29, 0.717) is 12.5 Å². The second-order valence-electron chi connectivity index (χ2n) is 5.42. The summed E-state index contributed by atoms with van der Waals surface area (Å²) in [7, 11) is 2.03. The number of hydrogen-bond acceptors (Lipinski definition) is 2. The van der Waals surface area contributed by atoms with Gasteiger partial charge < -0.3 is 10.3 Å². The van der Waals surface area contributed by atoms with E-state index in [9.17, 15) is 0 Å². The molecule has 0 radical (unpaired) electrons. The van der Waals surface area contributed by atoms with Gasteiger partial charge in [-0.2, -0.15) is 0 Å². The average Bonchev–Trinajstić information content (AvgIpc) is 2.72. The molecule has 0 aliphatic heterocycles. The summed E-state index contributed by atoms with van der Waals surface area (Å²) in [5, 5.41) is 0. The second-order valence-corrected chi connectivity index (χ2v) is 5.42. The topological polar surface area (TPSA) is 43.8 Å². The van der Waals surface area contributed by atoms with Crippen LogP contribution in [0, 0.1) is 6.92 Å². The molecule has 0 saturated carbocycles. The Morgan fingerprint density at radius 2 is 2.05 bits per heavy atom. The molecule has 0 bridgehead atoms. The maximum absolute atomic E-state index is 5.71. The molecule has 0 fully saturated rings. The lowest BCUT2D eigenvalue weighted by molar-refractivity contribution is 0.805. The summed E-state index contributed by atoms with van der Waals surface area (Å²) in [6.07, 6.45) is 2.74. The van der Waals surface area contributed by atoms with Crippen LogP contribution in [-0.2, 0) is 13.5 Å². The van der Waals surface area contributed by atoms with Crippen LogP contribution in [0.3, 0.4) is 0 Å². The van der Waals surface area contributed by atoms with Gasteiger partial charge in [-0.05, 0) is 36.6 Å². The third kappa shape index (κ3) is 2.71. The van der Waals surface area contributed by atoms with Gasteiger partial charge in [0.2, 0.25) is 0 Å². The van der Waals surface area contributed by atoms with Crippen LogP contribution in [0.15, 0.2) is 24.5 Å². The molecule has 3 heteroatoms. The third-order valence-electron chi connectivity index (χ3n) is 3.62. The van der Waals surface area contributed by atoms with Crippen molar-refractivity contribution in [2.24, 2.45) is 12.8 Å². The largest absolute Gasteiger partial charge is 0.337 e. The quantitative estimate of drug-likeness (QED) is 0.915. The number of imidazole rings is 1. The zero-order valence-corrected chi connectivity index (χ0v) is 12.3. The van der Waals surface area contributed by atoms with Crippen molar-refractivity contribution in [3.05, 3.63) is 41.3 Å². The molecule has 1 aromatic carbocycles. The average molecular weight is 257 g/mol. The summed E-state index contributed by atoms with van der Waals surface area (Å²) >= 11 is 0. The van der Waals surface area contributed by atoms with Crippen LogP contribution < -0.4 is 5.73 Å². The molecule has 0 aliphatic carbocycles. The Balaban J connectivity index is 2.55. The summed E-state index contributed by atoms with van der Waals surface area (Å²) < 4.78 is 2.07. The Morgan fingerprint density at radius 1 is 1.32 bits per heavy atom. The Kier molecular flexibility index (Phi) is 4.05. The number of nitrogens with two attached hydrogens (primary N) is 1. The van der Waals surface area contributed by atoms with Crippen molar-refractivity contribution >= 4 is 0 Å². The molecule has 3 nitrogen and oxygen atoms in total. The standard InChI is InChI=1S/C16H23N3/c1-11(2)13-6-5-12(3)14(9-13)16-15(7-8-17)19(4)10-18-16/h5-6,9-11H,7-8,17H2,1-4H3. The van der Waals surface area contributed by atoms with E-state index in [2.05, 4.69) is 48.5 Å². The highest BCUT2D eigenvalue weighted by molar-refractivity contribution is 5.67. The Labute approximate surface area is 115 Å². The lowest BCUT2D eigenvalue weighted by Crippen LogP contribution is -2.07. The first kappa shape index (κ1) is 13.8. The zero-order chi connectivity index (χ0) is 14.0. The van der Waals surface area contributed by atoms with E-state index in [0.717, 1.165) is 12.1 Å². The van der Waals surface area contributed by atoms with E-state index in [1.807, 2.05) is 13.4 Å². The van der Waals surface area contributed by atoms with E-state index in [-0.39, 0.29) is 0 Å². The number of hydrogen-bond donors (Lipinski definition) is 1. The summed E-state index contributed by atoms with van der Waals surface area (Å²) in [5.41, 5.74) is 11.9. The highest BCUT2D eigenvalue weighted by atomic mass is 15.0. The molecule has 0 saturated heterocycles. The van der Waals surface area contributed by atoms with Crippen molar-refractivity contribution in [3.8, 4) is 11.3 Å². The number of benzene rings is 1. The van der Waals surface area contributed by atoms with E-state index >= 15 is 0 Å². The molecular weight excluding hydrogens is 234 g/mol. The van der Waals surface area contributed by atoms with Crippen LogP contribution in [0.5, 0.6) is 0 Å². The lowest BCUT2D eigenvalue weighted by Gasteiger charge is -2.12. The highest BCUT2D eigenvalue weighted by Gasteiger charge is 2.13. The van der Waals surface area contributed by atoms with Crippen LogP contribution in [0.1, 0.15) is 36.6 Å². The van der Waals surface area contributed by atoms with Gasteiger partial charge in [0.05, 0.1) is 12.0 Å². The van der Waals surface area contributed by atoms with Crippen molar-refractivity contribution < 1.29 is 0 Å². The monoisotopic (exact) mass is 257 g/mol. The number of aromatic nitrogens is 2. The molecule has 0 amide bonds. The van der Waals surface area contributed by atoms with Gasteiger partial charge in [-0.25, -0.2) is 4.98 Å². The van der Waals surface area contributed by atoms with Crippen LogP contribution >= 0.6 is 0 Å². The summed E-state index contributed by atoms with van der Waals surface area (Å²) in [4.78, 5) is 4.57. The molecule has 0 atom stereocenters. The van der Waals surface area contributed by atoms with Gasteiger partial charge in [0.25, 0.3) is 0 Å². The number of rotatable bonds is 4. The predicted molar refractivity (Wildman–Crippen MR) is 80.2 cm³/mol. The lowest BCUT2D eigenvalue weighted by atomic mass is 9.95. The molecule has 1 aromatic heterocycles. The minimum absolute atomic E-state index is 0.529. The van der Waals surface area contributed by atoms with Crippen molar-refractivity contribution in [2.45, 2.75) is 33.1 Å². The minimum atomic E-state index is 0.529. The van der Waals surface area contributed by atoms with E-state index in [1.54, 1.807) is 0 Å². The zero-order valence-electron chi connectivity index (χ0n) is 12.3. The van der Waals surface area contributed by atoms with Crippen LogP contribution in [-0.4, -0.2) is 16.1 Å². The summed E-state index contributed by atoms with van der Waals surface area (Å²) in [6, 6.07) is 6.66. The van der Waals surface area contributed by atoms with Crippen molar-refractivity contribution in [1.82, 2.24) is 9.55 Å². The fourth-order valence-electron chi connectivity index (χ4n) is 2.37. The Morgan fingerprint density at radius 3 is 2.68 bits per heavy atom. The fraction of sp³-hybridized carbons (Fsp3) is 0.438. The first-order valence-corrected chi connectivity index (χ1v) is 6.85. The molecule has 19 heavy (non-hydrogen) atoms. The minimum Gasteiger partial charge on any atom is -0.337 e. The van der Waals surface area contributed by atoms with Gasteiger partial charge in [0.1, 0.15) is 0 Å². The van der Waals surface area contributed by atoms with E-state index in [4.69, 9.17) is 5.73 Å². The molecule has 0 unspecified atom stereocenters. The maximum Gasteiger partial charge on any atom is 0.0953 e. The number of nitrogens with zero attached hydrogens (tertiary/aromatic N) is 2. The van der Waals surface area contributed by atoms with Gasteiger partial charge >= 0.3 is 0 Å². The molecular formula is C16H23N3. The van der Waals surface area contributed by atoms with Crippen LogP contribution in [0.25, 0.3) is 11.3 Å². The maximum atomic E-state index is 5.71.